The van der Waals surface area contributed by atoms with E-state index in [1.165, 1.54) is 24.1 Å². The lowest BCUT2D eigenvalue weighted by Crippen LogP contribution is -2.10. The summed E-state index contributed by atoms with van der Waals surface area (Å²) in [6.07, 6.45) is 5.58. The van der Waals surface area contributed by atoms with Crippen molar-refractivity contribution in [3.8, 4) is 5.88 Å². The molecule has 100 valence electrons. The highest BCUT2D eigenvalue weighted by Gasteiger charge is 2.17. The first-order valence-corrected chi connectivity index (χ1v) is 6.62. The molecule has 5 heteroatoms. The van der Waals surface area contributed by atoms with E-state index in [1.54, 1.807) is 13.1 Å². The van der Waals surface area contributed by atoms with Gasteiger partial charge in [0.2, 0.25) is 5.88 Å². The summed E-state index contributed by atoms with van der Waals surface area (Å²) in [5.74, 6) is 0.290. The van der Waals surface area contributed by atoms with E-state index < -0.39 is 6.16 Å². The Morgan fingerprint density at radius 3 is 3.11 bits per heavy atom. The first kappa shape index (κ1) is 12.0. The van der Waals surface area contributed by atoms with E-state index in [-0.39, 0.29) is 0 Å². The molecule has 0 bridgehead atoms. The molecule has 0 atom stereocenters. The molecule has 3 rings (SSSR count). The zero-order valence-electron chi connectivity index (χ0n) is 10.9. The van der Waals surface area contributed by atoms with Crippen molar-refractivity contribution in [2.45, 2.75) is 32.6 Å². The van der Waals surface area contributed by atoms with E-state index in [4.69, 9.17) is 9.47 Å². The zero-order chi connectivity index (χ0) is 13.2. The third kappa shape index (κ3) is 2.28. The fraction of sp³-hybridized carbons (Fsp3) is 0.429. The monoisotopic (exact) mass is 260 g/mol. The molecule has 1 aliphatic carbocycles. The van der Waals surface area contributed by atoms with Crippen LogP contribution in [-0.4, -0.2) is 22.7 Å². The maximum absolute atomic E-state index is 11.3. The molecule has 2 heterocycles. The van der Waals surface area contributed by atoms with E-state index in [2.05, 4.69) is 9.97 Å². The fourth-order valence-corrected chi connectivity index (χ4v) is 2.58. The predicted molar refractivity (Wildman–Crippen MR) is 70.4 cm³/mol. The second-order valence-corrected chi connectivity index (χ2v) is 4.64. The Kier molecular flexibility index (Phi) is 3.11. The number of aryl methyl sites for hydroxylation is 2. The second-order valence-electron chi connectivity index (χ2n) is 4.64. The quantitative estimate of drug-likeness (QED) is 0.843. The van der Waals surface area contributed by atoms with Crippen LogP contribution in [-0.2, 0) is 17.6 Å². The Hall–Kier alpha value is -2.04. The number of nitrogens with zero attached hydrogens (tertiary/aromatic N) is 1. The van der Waals surface area contributed by atoms with Crippen molar-refractivity contribution in [3.05, 3.63) is 23.5 Å². The van der Waals surface area contributed by atoms with Crippen LogP contribution in [0.1, 0.15) is 31.0 Å². The topological polar surface area (TPSA) is 64.2 Å². The van der Waals surface area contributed by atoms with Gasteiger partial charge in [0.05, 0.1) is 18.3 Å². The number of nitrogens with one attached hydrogen (secondary N) is 1. The summed E-state index contributed by atoms with van der Waals surface area (Å²) in [5.41, 5.74) is 3.62. The molecule has 0 unspecified atom stereocenters. The molecular formula is C14H16N2O3. The van der Waals surface area contributed by atoms with Crippen LogP contribution in [0.5, 0.6) is 5.88 Å². The number of aromatic nitrogens is 2. The van der Waals surface area contributed by atoms with Crippen LogP contribution < -0.4 is 4.74 Å². The number of hydrogen-bond donors (Lipinski definition) is 1. The van der Waals surface area contributed by atoms with Crippen LogP contribution in [0, 0.1) is 0 Å². The predicted octanol–water partition coefficient (Wildman–Crippen LogP) is 2.98. The highest BCUT2D eigenvalue weighted by Crippen LogP contribution is 2.30. The molecule has 0 amide bonds. The lowest BCUT2D eigenvalue weighted by molar-refractivity contribution is 0.103. The molecular weight excluding hydrogens is 244 g/mol. The largest absolute Gasteiger partial charge is 0.515 e. The number of carbonyl (C=O) groups excluding carboxylic acids is 1. The van der Waals surface area contributed by atoms with Gasteiger partial charge in [-0.3, -0.25) is 0 Å². The average Bonchev–Trinajstić information content (AvgIpc) is 2.77. The molecule has 0 saturated carbocycles. The maximum atomic E-state index is 11.3. The Balaban J connectivity index is 1.93. The van der Waals surface area contributed by atoms with Crippen molar-refractivity contribution < 1.29 is 14.3 Å². The number of carbonyl (C=O) groups is 1. The third-order valence-electron chi connectivity index (χ3n) is 3.41. The summed E-state index contributed by atoms with van der Waals surface area (Å²) in [4.78, 5) is 18.8. The number of fused-ring (bicyclic) bond motifs is 3. The number of pyridine rings is 1. The van der Waals surface area contributed by atoms with Gasteiger partial charge < -0.3 is 14.5 Å². The van der Waals surface area contributed by atoms with Gasteiger partial charge in [-0.15, -0.1) is 0 Å². The standard InChI is InChI=1S/C14H16N2O3/c1-2-18-14(17)19-13-7-10-9-5-3-4-6-11(9)16-12(10)8-15-13/h7-8,16H,2-6H2,1H3. The molecule has 0 aromatic carbocycles. The zero-order valence-corrected chi connectivity index (χ0v) is 10.9. The van der Waals surface area contributed by atoms with Crippen LogP contribution in [0.4, 0.5) is 4.79 Å². The van der Waals surface area contributed by atoms with E-state index in [0.717, 1.165) is 23.7 Å². The molecule has 0 fully saturated rings. The minimum Gasteiger partial charge on any atom is -0.434 e. The minimum atomic E-state index is -0.709. The summed E-state index contributed by atoms with van der Waals surface area (Å²) >= 11 is 0. The molecule has 2 aromatic heterocycles. The lowest BCUT2D eigenvalue weighted by atomic mass is 9.96. The fourth-order valence-electron chi connectivity index (χ4n) is 2.58. The Morgan fingerprint density at radius 1 is 1.42 bits per heavy atom. The van der Waals surface area contributed by atoms with Crippen LogP contribution >= 0.6 is 0 Å². The van der Waals surface area contributed by atoms with Crippen LogP contribution in [0.25, 0.3) is 10.9 Å². The molecule has 0 spiro atoms. The summed E-state index contributed by atoms with van der Waals surface area (Å²) < 4.78 is 9.78. The molecule has 1 aliphatic rings. The summed E-state index contributed by atoms with van der Waals surface area (Å²) in [7, 11) is 0. The van der Waals surface area contributed by atoms with E-state index >= 15 is 0 Å². The first-order valence-electron chi connectivity index (χ1n) is 6.62. The van der Waals surface area contributed by atoms with Gasteiger partial charge in [-0.1, -0.05) is 0 Å². The molecule has 0 saturated heterocycles. The highest BCUT2D eigenvalue weighted by molar-refractivity contribution is 5.85. The summed E-state index contributed by atoms with van der Waals surface area (Å²) in [5, 5.41) is 1.10. The SMILES string of the molecule is CCOC(=O)Oc1cc2c3c([nH]c2cn1)CCCC3. The van der Waals surface area contributed by atoms with Crippen molar-refractivity contribution in [1.82, 2.24) is 9.97 Å². The van der Waals surface area contributed by atoms with Crippen molar-refractivity contribution in [2.24, 2.45) is 0 Å². The average molecular weight is 260 g/mol. The van der Waals surface area contributed by atoms with Crippen molar-refractivity contribution in [3.63, 3.8) is 0 Å². The van der Waals surface area contributed by atoms with Gasteiger partial charge in [0.25, 0.3) is 0 Å². The molecule has 19 heavy (non-hydrogen) atoms. The minimum absolute atomic E-state index is 0.290. The van der Waals surface area contributed by atoms with Gasteiger partial charge in [-0.2, -0.15) is 0 Å². The van der Waals surface area contributed by atoms with Gasteiger partial charge in [-0.05, 0) is 38.2 Å². The third-order valence-corrected chi connectivity index (χ3v) is 3.41. The van der Waals surface area contributed by atoms with Crippen molar-refractivity contribution in [1.29, 1.82) is 0 Å². The Bertz CT molecular complexity index is 618. The van der Waals surface area contributed by atoms with E-state index in [1.807, 2.05) is 6.07 Å². The number of ether oxygens (including phenoxy) is 2. The van der Waals surface area contributed by atoms with Gasteiger partial charge >= 0.3 is 6.16 Å². The molecule has 1 N–H and O–H groups in total. The van der Waals surface area contributed by atoms with E-state index in [0.29, 0.717) is 12.5 Å². The molecule has 0 aliphatic heterocycles. The number of H-pyrrole nitrogens is 1. The van der Waals surface area contributed by atoms with Gasteiger partial charge in [0, 0.05) is 17.1 Å². The van der Waals surface area contributed by atoms with Gasteiger partial charge in [-0.25, -0.2) is 9.78 Å². The summed E-state index contributed by atoms with van der Waals surface area (Å²) in [6, 6.07) is 1.81. The highest BCUT2D eigenvalue weighted by atomic mass is 16.7. The van der Waals surface area contributed by atoms with Gasteiger partial charge in [0.15, 0.2) is 0 Å². The van der Waals surface area contributed by atoms with Crippen molar-refractivity contribution in [2.75, 3.05) is 6.61 Å². The Labute approximate surface area is 110 Å². The number of rotatable bonds is 2. The second kappa shape index (κ2) is 4.91. The normalized spacial score (nSPS) is 14.2. The molecule has 0 radical (unpaired) electrons. The summed E-state index contributed by atoms with van der Waals surface area (Å²) in [6.45, 7) is 2.03. The first-order chi connectivity index (χ1) is 9.28. The van der Waals surface area contributed by atoms with Crippen LogP contribution in [0.15, 0.2) is 12.3 Å². The van der Waals surface area contributed by atoms with E-state index in [9.17, 15) is 4.79 Å². The Morgan fingerprint density at radius 2 is 2.26 bits per heavy atom. The van der Waals surface area contributed by atoms with Crippen LogP contribution in [0.3, 0.4) is 0 Å². The molecule has 2 aromatic rings. The lowest BCUT2D eigenvalue weighted by Gasteiger charge is -2.10. The van der Waals surface area contributed by atoms with Crippen LogP contribution in [0.2, 0.25) is 0 Å². The maximum Gasteiger partial charge on any atom is 0.515 e. The van der Waals surface area contributed by atoms with Crippen molar-refractivity contribution >= 4 is 17.1 Å². The number of hydrogen-bond acceptors (Lipinski definition) is 4. The van der Waals surface area contributed by atoms with Gasteiger partial charge in [0.1, 0.15) is 0 Å². The molecule has 5 nitrogen and oxygen atoms in total. The number of aromatic amines is 1. The smallest absolute Gasteiger partial charge is 0.434 e.